The van der Waals surface area contributed by atoms with Gasteiger partial charge in [-0.25, -0.2) is 4.39 Å². The molecule has 0 saturated heterocycles. The standard InChI is InChI=1S/C23H26FN3O5/c1-14-3-4-16(7-18(14)24)31-9-20(29)26-22-11-23(12-22,13-22)27-21(30)10-32-17-5-6-19(15(2)28)25-8-17/h3-8,15,28H,9-13H2,1-2H3,(H,26,29)(H,27,30). The number of aromatic nitrogens is 1. The first-order valence-electron chi connectivity index (χ1n) is 10.5. The summed E-state index contributed by atoms with van der Waals surface area (Å²) in [5, 5.41) is 15.4. The van der Waals surface area contributed by atoms with Gasteiger partial charge >= 0.3 is 0 Å². The molecule has 3 saturated carbocycles. The van der Waals surface area contributed by atoms with E-state index in [0.29, 0.717) is 42.0 Å². The van der Waals surface area contributed by atoms with Gasteiger partial charge in [0.2, 0.25) is 0 Å². The predicted octanol–water partition coefficient (Wildman–Crippen LogP) is 1.95. The summed E-state index contributed by atoms with van der Waals surface area (Å²) in [6, 6.07) is 7.77. The minimum Gasteiger partial charge on any atom is -0.484 e. The molecule has 2 amide bonds. The molecule has 0 spiro atoms. The van der Waals surface area contributed by atoms with E-state index < -0.39 is 6.10 Å². The van der Waals surface area contributed by atoms with E-state index in [9.17, 15) is 19.1 Å². The summed E-state index contributed by atoms with van der Waals surface area (Å²) < 4.78 is 24.4. The lowest BCUT2D eigenvalue weighted by molar-refractivity contribution is -0.151. The van der Waals surface area contributed by atoms with Crippen LogP contribution < -0.4 is 20.1 Å². The van der Waals surface area contributed by atoms with Crippen molar-refractivity contribution in [3.8, 4) is 11.5 Å². The second-order valence-electron chi connectivity index (χ2n) is 8.77. The Labute approximate surface area is 185 Å². The highest BCUT2D eigenvalue weighted by atomic mass is 19.1. The Bertz CT molecular complexity index is 1010. The number of nitrogens with one attached hydrogen (secondary N) is 2. The molecule has 3 aliphatic carbocycles. The van der Waals surface area contributed by atoms with E-state index >= 15 is 0 Å². The third kappa shape index (κ3) is 4.67. The Hall–Kier alpha value is -3.20. The van der Waals surface area contributed by atoms with Gasteiger partial charge in [-0.3, -0.25) is 14.6 Å². The Balaban J connectivity index is 1.16. The van der Waals surface area contributed by atoms with Crippen LogP contribution in [0.15, 0.2) is 36.5 Å². The van der Waals surface area contributed by atoms with Gasteiger partial charge < -0.3 is 25.2 Å². The number of aryl methyl sites for hydroxylation is 1. The molecule has 1 aromatic carbocycles. The topological polar surface area (TPSA) is 110 Å². The molecule has 1 heterocycles. The molecule has 0 radical (unpaired) electrons. The van der Waals surface area contributed by atoms with Crippen molar-refractivity contribution in [3.63, 3.8) is 0 Å². The van der Waals surface area contributed by atoms with Gasteiger partial charge in [0.25, 0.3) is 11.8 Å². The second-order valence-corrected chi connectivity index (χ2v) is 8.77. The molecule has 3 N–H and O–H groups in total. The van der Waals surface area contributed by atoms with Crippen molar-refractivity contribution in [2.75, 3.05) is 13.2 Å². The molecule has 1 unspecified atom stereocenters. The van der Waals surface area contributed by atoms with E-state index in [1.54, 1.807) is 38.1 Å². The summed E-state index contributed by atoms with van der Waals surface area (Å²) in [6.07, 6.45) is 2.76. The highest BCUT2D eigenvalue weighted by Crippen LogP contribution is 2.60. The van der Waals surface area contributed by atoms with Crippen molar-refractivity contribution < 1.29 is 28.6 Å². The Morgan fingerprint density at radius 1 is 1.06 bits per heavy atom. The summed E-state index contributed by atoms with van der Waals surface area (Å²) in [5.41, 5.74) is 0.426. The van der Waals surface area contributed by atoms with Crippen molar-refractivity contribution in [2.45, 2.75) is 50.3 Å². The Morgan fingerprint density at radius 2 is 1.62 bits per heavy atom. The fourth-order valence-corrected chi connectivity index (χ4v) is 4.40. The zero-order valence-electron chi connectivity index (χ0n) is 18.0. The first-order valence-corrected chi connectivity index (χ1v) is 10.5. The summed E-state index contributed by atoms with van der Waals surface area (Å²) in [6.45, 7) is 2.94. The zero-order valence-corrected chi connectivity index (χ0v) is 18.0. The van der Waals surface area contributed by atoms with Gasteiger partial charge in [0.05, 0.1) is 18.0 Å². The van der Waals surface area contributed by atoms with E-state index in [2.05, 4.69) is 15.6 Å². The molecule has 32 heavy (non-hydrogen) atoms. The molecule has 5 rings (SSSR count). The first-order chi connectivity index (χ1) is 15.2. The summed E-state index contributed by atoms with van der Waals surface area (Å²) >= 11 is 0. The van der Waals surface area contributed by atoms with Crippen LogP contribution in [0.25, 0.3) is 0 Å². The number of hydrogen-bond acceptors (Lipinski definition) is 6. The van der Waals surface area contributed by atoms with E-state index in [1.165, 1.54) is 12.3 Å². The molecule has 170 valence electrons. The highest BCUT2D eigenvalue weighted by Gasteiger charge is 2.69. The molecule has 9 heteroatoms. The lowest BCUT2D eigenvalue weighted by atomic mass is 9.44. The normalized spacial score (nSPS) is 23.9. The van der Waals surface area contributed by atoms with Crippen LogP contribution in [-0.2, 0) is 9.59 Å². The molecule has 3 fully saturated rings. The molecule has 8 nitrogen and oxygen atoms in total. The summed E-state index contributed by atoms with van der Waals surface area (Å²) in [5.74, 6) is -0.146. The van der Waals surface area contributed by atoms with Crippen molar-refractivity contribution in [1.82, 2.24) is 15.6 Å². The summed E-state index contributed by atoms with van der Waals surface area (Å²) in [7, 11) is 0. The van der Waals surface area contributed by atoms with Crippen molar-refractivity contribution in [1.29, 1.82) is 0 Å². The van der Waals surface area contributed by atoms with E-state index in [1.807, 2.05) is 0 Å². The van der Waals surface area contributed by atoms with Crippen molar-refractivity contribution in [3.05, 3.63) is 53.6 Å². The van der Waals surface area contributed by atoms with E-state index in [4.69, 9.17) is 9.47 Å². The number of carbonyl (C=O) groups is 2. The first kappa shape index (κ1) is 22.0. The average molecular weight is 443 g/mol. The Kier molecular flexibility index (Phi) is 5.77. The van der Waals surface area contributed by atoms with Crippen LogP contribution in [0.3, 0.4) is 0 Å². The predicted molar refractivity (Wildman–Crippen MR) is 113 cm³/mol. The number of hydrogen-bond donors (Lipinski definition) is 3. The number of aliphatic hydroxyl groups is 1. The number of benzene rings is 1. The second kappa shape index (κ2) is 8.38. The largest absolute Gasteiger partial charge is 0.484 e. The van der Waals surface area contributed by atoms with Crippen LogP contribution in [0.5, 0.6) is 11.5 Å². The highest BCUT2D eigenvalue weighted by molar-refractivity contribution is 5.81. The van der Waals surface area contributed by atoms with Gasteiger partial charge in [-0.2, -0.15) is 0 Å². The van der Waals surface area contributed by atoms with Crippen LogP contribution in [0.2, 0.25) is 0 Å². The van der Waals surface area contributed by atoms with Gasteiger partial charge in [-0.15, -0.1) is 0 Å². The van der Waals surface area contributed by atoms with Crippen LogP contribution in [0.4, 0.5) is 4.39 Å². The quantitative estimate of drug-likeness (QED) is 0.547. The zero-order chi connectivity index (χ0) is 22.9. The fourth-order valence-electron chi connectivity index (χ4n) is 4.40. The van der Waals surface area contributed by atoms with Crippen LogP contribution >= 0.6 is 0 Å². The molecule has 1 atom stereocenters. The number of nitrogens with zero attached hydrogens (tertiary/aromatic N) is 1. The number of amides is 2. The third-order valence-electron chi connectivity index (χ3n) is 5.91. The third-order valence-corrected chi connectivity index (χ3v) is 5.91. The van der Waals surface area contributed by atoms with Crippen molar-refractivity contribution >= 4 is 11.8 Å². The molecule has 2 bridgehead atoms. The lowest BCUT2D eigenvalue weighted by Crippen LogP contribution is -2.84. The SMILES string of the molecule is Cc1ccc(OCC(=O)NC23CC(NC(=O)COc4ccc(C(C)O)nc4)(C2)C3)cc1F. The van der Waals surface area contributed by atoms with Gasteiger partial charge in [0, 0.05) is 17.1 Å². The lowest BCUT2D eigenvalue weighted by Gasteiger charge is -2.70. The maximum absolute atomic E-state index is 13.6. The van der Waals surface area contributed by atoms with Crippen LogP contribution in [0.1, 0.15) is 43.5 Å². The average Bonchev–Trinajstić information content (AvgIpc) is 2.71. The number of aliphatic hydroxyl groups excluding tert-OH is 1. The minimum atomic E-state index is -0.665. The maximum Gasteiger partial charge on any atom is 0.258 e. The molecular formula is C23H26FN3O5. The van der Waals surface area contributed by atoms with Gasteiger partial charge in [-0.1, -0.05) is 6.07 Å². The van der Waals surface area contributed by atoms with Crippen molar-refractivity contribution in [2.24, 2.45) is 0 Å². The van der Waals surface area contributed by atoms with E-state index in [-0.39, 0.29) is 41.9 Å². The maximum atomic E-state index is 13.6. The van der Waals surface area contributed by atoms with Gasteiger partial charge in [-0.05, 0) is 56.9 Å². The smallest absolute Gasteiger partial charge is 0.258 e. The summed E-state index contributed by atoms with van der Waals surface area (Å²) in [4.78, 5) is 28.5. The number of carbonyl (C=O) groups excluding carboxylic acids is 2. The number of rotatable bonds is 9. The molecular weight excluding hydrogens is 417 g/mol. The van der Waals surface area contributed by atoms with Gasteiger partial charge in [0.15, 0.2) is 13.2 Å². The minimum absolute atomic E-state index is 0.141. The van der Waals surface area contributed by atoms with Crippen LogP contribution in [-0.4, -0.2) is 46.2 Å². The number of ether oxygens (including phenoxy) is 2. The monoisotopic (exact) mass is 443 g/mol. The molecule has 2 aromatic rings. The number of pyridine rings is 1. The molecule has 0 aliphatic heterocycles. The number of halogens is 1. The molecule has 3 aliphatic rings. The van der Waals surface area contributed by atoms with Crippen LogP contribution in [0, 0.1) is 12.7 Å². The molecule has 1 aromatic heterocycles. The fraction of sp³-hybridized carbons (Fsp3) is 0.435. The Morgan fingerprint density at radius 3 is 2.12 bits per heavy atom. The van der Waals surface area contributed by atoms with Gasteiger partial charge in [0.1, 0.15) is 17.3 Å². The van der Waals surface area contributed by atoms with E-state index in [0.717, 1.165) is 0 Å².